The van der Waals surface area contributed by atoms with Gasteiger partial charge in [-0.1, -0.05) is 6.07 Å². The van der Waals surface area contributed by atoms with Gasteiger partial charge in [0.25, 0.3) is 15.9 Å². The minimum Gasteiger partial charge on any atom is -0.494 e. The molecule has 2 rings (SSSR count). The molecule has 1 amide bonds. The van der Waals surface area contributed by atoms with Crippen LogP contribution in [0.5, 0.6) is 5.75 Å². The highest BCUT2D eigenvalue weighted by Crippen LogP contribution is 2.12. The molecule has 8 heteroatoms. The number of carbonyl (C=O) groups excluding carboxylic acids is 1. The molecular weight excluding hydrogens is 323 g/mol. The molecule has 2 N–H and O–H groups in total. The van der Waals surface area contributed by atoms with Crippen LogP contribution in [0, 0.1) is 5.82 Å². The summed E-state index contributed by atoms with van der Waals surface area (Å²) in [6.07, 6.45) is 0. The second-order valence-corrected chi connectivity index (χ2v) is 6.16. The molecule has 0 bridgehead atoms. The highest BCUT2D eigenvalue weighted by molar-refractivity contribution is 7.89. The Morgan fingerprint density at radius 1 is 1.17 bits per heavy atom. The summed E-state index contributed by atoms with van der Waals surface area (Å²) in [5.74, 6) is -0.733. The lowest BCUT2D eigenvalue weighted by Crippen LogP contribution is -2.41. The molecule has 2 aromatic carbocycles. The maximum absolute atomic E-state index is 13.1. The first kappa shape index (κ1) is 16.9. The monoisotopic (exact) mass is 338 g/mol. The van der Waals surface area contributed by atoms with Crippen LogP contribution < -0.4 is 15.0 Å². The summed E-state index contributed by atoms with van der Waals surface area (Å²) in [6.45, 7) is 2.33. The minimum atomic E-state index is -4.05. The van der Waals surface area contributed by atoms with Gasteiger partial charge in [-0.05, 0) is 49.4 Å². The molecule has 122 valence electrons. The standard InChI is InChI=1S/C15H15FN2O4S/c1-2-22-13-8-6-11(7-9-13)15(19)17-18-23(20,21)14-5-3-4-12(16)10-14/h3-10,18H,2H2,1H3,(H,17,19). The Kier molecular flexibility index (Phi) is 5.30. The quantitative estimate of drug-likeness (QED) is 0.787. The van der Waals surface area contributed by atoms with E-state index in [0.29, 0.717) is 12.4 Å². The van der Waals surface area contributed by atoms with Gasteiger partial charge in [0.15, 0.2) is 0 Å². The molecule has 0 fully saturated rings. The maximum Gasteiger partial charge on any atom is 0.266 e. The molecule has 0 aliphatic rings. The molecule has 0 heterocycles. The first-order chi connectivity index (χ1) is 10.9. The van der Waals surface area contributed by atoms with E-state index in [0.717, 1.165) is 12.1 Å². The van der Waals surface area contributed by atoms with Crippen molar-refractivity contribution >= 4 is 15.9 Å². The minimum absolute atomic E-state index is 0.246. The zero-order valence-corrected chi connectivity index (χ0v) is 13.1. The molecule has 23 heavy (non-hydrogen) atoms. The fourth-order valence-corrected chi connectivity index (χ4v) is 2.62. The summed E-state index contributed by atoms with van der Waals surface area (Å²) in [4.78, 5) is 13.5. The van der Waals surface area contributed by atoms with Crippen molar-refractivity contribution < 1.29 is 22.3 Å². The Morgan fingerprint density at radius 2 is 1.87 bits per heavy atom. The van der Waals surface area contributed by atoms with Crippen molar-refractivity contribution in [3.05, 3.63) is 59.9 Å². The lowest BCUT2D eigenvalue weighted by atomic mass is 10.2. The van der Waals surface area contributed by atoms with Gasteiger partial charge in [0, 0.05) is 5.56 Å². The molecular formula is C15H15FN2O4S. The Labute approximate surface area is 133 Å². The number of carbonyl (C=O) groups is 1. The molecule has 6 nitrogen and oxygen atoms in total. The molecule has 0 spiro atoms. The highest BCUT2D eigenvalue weighted by Gasteiger charge is 2.16. The molecule has 0 aliphatic carbocycles. The number of rotatable bonds is 6. The molecule has 0 saturated heterocycles. The molecule has 0 saturated carbocycles. The summed E-state index contributed by atoms with van der Waals surface area (Å²) in [6, 6.07) is 10.6. The number of amides is 1. The largest absolute Gasteiger partial charge is 0.494 e. The molecule has 0 unspecified atom stereocenters. The number of sulfonamides is 1. The van der Waals surface area contributed by atoms with Crippen LogP contribution in [0.1, 0.15) is 17.3 Å². The number of hydrazine groups is 1. The fraction of sp³-hybridized carbons (Fsp3) is 0.133. The number of benzene rings is 2. The van der Waals surface area contributed by atoms with Gasteiger partial charge in [0.05, 0.1) is 11.5 Å². The summed E-state index contributed by atoms with van der Waals surface area (Å²) >= 11 is 0. The van der Waals surface area contributed by atoms with Gasteiger partial charge in [-0.3, -0.25) is 10.2 Å². The van der Waals surface area contributed by atoms with E-state index in [2.05, 4.69) is 5.43 Å². The van der Waals surface area contributed by atoms with Gasteiger partial charge in [-0.2, -0.15) is 0 Å². The number of ether oxygens (including phenoxy) is 1. The van der Waals surface area contributed by atoms with Crippen LogP contribution >= 0.6 is 0 Å². The summed E-state index contributed by atoms with van der Waals surface area (Å²) in [7, 11) is -4.05. The van der Waals surface area contributed by atoms with E-state index < -0.39 is 21.7 Å². The fourth-order valence-electron chi connectivity index (χ4n) is 1.75. The summed E-state index contributed by atoms with van der Waals surface area (Å²) in [5.41, 5.74) is 2.31. The Balaban J connectivity index is 2.03. The van der Waals surface area contributed by atoms with Gasteiger partial charge in [-0.25, -0.2) is 12.8 Å². The van der Waals surface area contributed by atoms with Crippen LogP contribution in [0.3, 0.4) is 0 Å². The van der Waals surface area contributed by atoms with Crippen LogP contribution in [-0.2, 0) is 10.0 Å². The van der Waals surface area contributed by atoms with Gasteiger partial charge in [-0.15, -0.1) is 4.83 Å². The van der Waals surface area contributed by atoms with Crippen LogP contribution in [0.25, 0.3) is 0 Å². The maximum atomic E-state index is 13.1. The molecule has 0 aliphatic heterocycles. The van der Waals surface area contributed by atoms with Gasteiger partial charge < -0.3 is 4.74 Å². The lowest BCUT2D eigenvalue weighted by Gasteiger charge is -2.09. The topological polar surface area (TPSA) is 84.5 Å². The van der Waals surface area contributed by atoms with Crippen LogP contribution in [0.2, 0.25) is 0 Å². The van der Waals surface area contributed by atoms with Crippen molar-refractivity contribution in [1.82, 2.24) is 10.3 Å². The van der Waals surface area contributed by atoms with Crippen molar-refractivity contribution in [1.29, 1.82) is 0 Å². The van der Waals surface area contributed by atoms with Gasteiger partial charge in [0.2, 0.25) is 0 Å². The van der Waals surface area contributed by atoms with Crippen LogP contribution in [0.15, 0.2) is 53.4 Å². The van der Waals surface area contributed by atoms with Crippen LogP contribution in [-0.4, -0.2) is 20.9 Å². The van der Waals surface area contributed by atoms with E-state index >= 15 is 0 Å². The summed E-state index contributed by atoms with van der Waals surface area (Å²) < 4.78 is 42.2. The molecule has 0 aromatic heterocycles. The van der Waals surface area contributed by atoms with E-state index in [-0.39, 0.29) is 10.5 Å². The molecule has 0 atom stereocenters. The predicted molar refractivity (Wildman–Crippen MR) is 81.8 cm³/mol. The Bertz CT molecular complexity index is 791. The SMILES string of the molecule is CCOc1ccc(C(=O)NNS(=O)(=O)c2cccc(F)c2)cc1. The Morgan fingerprint density at radius 3 is 2.48 bits per heavy atom. The third kappa shape index (κ3) is 4.51. The smallest absolute Gasteiger partial charge is 0.266 e. The zero-order chi connectivity index (χ0) is 16.9. The lowest BCUT2D eigenvalue weighted by molar-refractivity contribution is 0.0945. The third-order valence-corrected chi connectivity index (χ3v) is 4.08. The zero-order valence-electron chi connectivity index (χ0n) is 12.2. The van der Waals surface area contributed by atoms with Crippen molar-refractivity contribution in [2.24, 2.45) is 0 Å². The van der Waals surface area contributed by atoms with Crippen LogP contribution in [0.4, 0.5) is 4.39 Å². The first-order valence-electron chi connectivity index (χ1n) is 6.73. The van der Waals surface area contributed by atoms with E-state index in [4.69, 9.17) is 4.74 Å². The van der Waals surface area contributed by atoms with Crippen molar-refractivity contribution in [3.63, 3.8) is 0 Å². The third-order valence-electron chi connectivity index (χ3n) is 2.83. The van der Waals surface area contributed by atoms with E-state index in [1.54, 1.807) is 12.1 Å². The average Bonchev–Trinajstić information content (AvgIpc) is 2.54. The Hall–Kier alpha value is -2.45. The second kappa shape index (κ2) is 7.21. The number of hydrogen-bond donors (Lipinski definition) is 2. The second-order valence-electron chi connectivity index (χ2n) is 4.47. The molecule has 2 aromatic rings. The predicted octanol–water partition coefficient (Wildman–Crippen LogP) is 1.85. The number of halogens is 1. The van der Waals surface area contributed by atoms with E-state index in [1.807, 2.05) is 11.8 Å². The van der Waals surface area contributed by atoms with Gasteiger partial charge in [0.1, 0.15) is 11.6 Å². The average molecular weight is 338 g/mol. The van der Waals surface area contributed by atoms with E-state index in [9.17, 15) is 17.6 Å². The van der Waals surface area contributed by atoms with Crippen molar-refractivity contribution in [2.45, 2.75) is 11.8 Å². The normalized spacial score (nSPS) is 11.0. The highest BCUT2D eigenvalue weighted by atomic mass is 32.2. The van der Waals surface area contributed by atoms with Gasteiger partial charge >= 0.3 is 0 Å². The first-order valence-corrected chi connectivity index (χ1v) is 8.21. The summed E-state index contributed by atoms with van der Waals surface area (Å²) in [5, 5.41) is 0. The number of nitrogens with one attached hydrogen (secondary N) is 2. The van der Waals surface area contributed by atoms with Crippen molar-refractivity contribution in [2.75, 3.05) is 6.61 Å². The number of hydrogen-bond acceptors (Lipinski definition) is 4. The van der Waals surface area contributed by atoms with Crippen molar-refractivity contribution in [3.8, 4) is 5.75 Å². The molecule has 0 radical (unpaired) electrons. The van der Waals surface area contributed by atoms with E-state index in [1.165, 1.54) is 24.3 Å².